The lowest BCUT2D eigenvalue weighted by atomic mass is 10.1. The summed E-state index contributed by atoms with van der Waals surface area (Å²) in [6.07, 6.45) is -1.19. The average molecular weight is 310 g/mol. The molecule has 1 N–H and O–H groups in total. The van der Waals surface area contributed by atoms with Gasteiger partial charge >= 0.3 is 0 Å². The number of rotatable bonds is 5. The Hall–Kier alpha value is -1.92. The van der Waals surface area contributed by atoms with Crippen LogP contribution < -0.4 is 4.74 Å². The number of halogens is 1. The molecule has 0 aliphatic carbocycles. The molecule has 0 aromatic heterocycles. The van der Waals surface area contributed by atoms with E-state index in [9.17, 15) is 17.9 Å². The van der Waals surface area contributed by atoms with Gasteiger partial charge in [0.2, 0.25) is 0 Å². The van der Waals surface area contributed by atoms with Crippen molar-refractivity contribution in [2.24, 2.45) is 0 Å². The van der Waals surface area contributed by atoms with Crippen molar-refractivity contribution in [3.8, 4) is 5.75 Å². The van der Waals surface area contributed by atoms with Crippen molar-refractivity contribution in [1.82, 2.24) is 0 Å². The van der Waals surface area contributed by atoms with E-state index in [1.807, 2.05) is 0 Å². The van der Waals surface area contributed by atoms with Crippen LogP contribution in [0.15, 0.2) is 53.4 Å². The van der Waals surface area contributed by atoms with Crippen molar-refractivity contribution < 1.29 is 22.7 Å². The molecule has 0 aliphatic heterocycles. The molecule has 0 bridgehead atoms. The highest BCUT2D eigenvalue weighted by atomic mass is 32.2. The zero-order chi connectivity index (χ0) is 15.5. The molecule has 1 atom stereocenters. The van der Waals surface area contributed by atoms with E-state index in [2.05, 4.69) is 0 Å². The Kier molecular flexibility index (Phi) is 4.59. The van der Waals surface area contributed by atoms with E-state index in [1.165, 1.54) is 25.3 Å². The van der Waals surface area contributed by atoms with Gasteiger partial charge in [-0.2, -0.15) is 0 Å². The van der Waals surface area contributed by atoms with E-state index in [0.717, 1.165) is 6.07 Å². The molecule has 0 radical (unpaired) electrons. The van der Waals surface area contributed by atoms with Gasteiger partial charge < -0.3 is 9.84 Å². The van der Waals surface area contributed by atoms with Crippen molar-refractivity contribution >= 4 is 9.84 Å². The molecule has 0 fully saturated rings. The standard InChI is InChI=1S/C15H15FO4S/c1-20-13-7-5-11(6-8-13)15(17)10-21(18,19)14-4-2-3-12(16)9-14/h2-9,15,17H,10H2,1H3. The zero-order valence-corrected chi connectivity index (χ0v) is 12.2. The first-order valence-corrected chi connectivity index (χ1v) is 7.88. The summed E-state index contributed by atoms with van der Waals surface area (Å²) in [5.41, 5.74) is 0.454. The van der Waals surface area contributed by atoms with Crippen LogP contribution in [0.1, 0.15) is 11.7 Å². The first-order chi connectivity index (χ1) is 9.92. The molecular weight excluding hydrogens is 295 g/mol. The van der Waals surface area contributed by atoms with Gasteiger partial charge in [-0.25, -0.2) is 12.8 Å². The predicted molar refractivity (Wildman–Crippen MR) is 76.4 cm³/mol. The molecule has 1 unspecified atom stereocenters. The van der Waals surface area contributed by atoms with E-state index in [1.54, 1.807) is 24.3 Å². The molecule has 21 heavy (non-hydrogen) atoms. The average Bonchev–Trinajstić information content (AvgIpc) is 2.47. The number of methoxy groups -OCH3 is 1. The maximum absolute atomic E-state index is 13.1. The van der Waals surface area contributed by atoms with Gasteiger partial charge in [-0.15, -0.1) is 0 Å². The largest absolute Gasteiger partial charge is 0.497 e. The van der Waals surface area contributed by atoms with Crippen molar-refractivity contribution in [3.05, 3.63) is 59.9 Å². The van der Waals surface area contributed by atoms with Gasteiger partial charge in [0.25, 0.3) is 0 Å². The summed E-state index contributed by atoms with van der Waals surface area (Å²) in [7, 11) is -2.25. The minimum atomic E-state index is -3.77. The smallest absolute Gasteiger partial charge is 0.181 e. The summed E-state index contributed by atoms with van der Waals surface area (Å²) in [5, 5.41) is 10.0. The Morgan fingerprint density at radius 2 is 1.86 bits per heavy atom. The van der Waals surface area contributed by atoms with Crippen LogP contribution in [0.2, 0.25) is 0 Å². The molecule has 2 rings (SSSR count). The summed E-state index contributed by atoms with van der Waals surface area (Å²) < 4.78 is 42.4. The second-order valence-corrected chi connectivity index (χ2v) is 6.56. The third-order valence-electron chi connectivity index (χ3n) is 3.03. The molecule has 0 aliphatic rings. The number of aliphatic hydroxyl groups excluding tert-OH is 1. The number of hydrogen-bond donors (Lipinski definition) is 1. The lowest BCUT2D eigenvalue weighted by molar-refractivity contribution is 0.201. The van der Waals surface area contributed by atoms with Crippen LogP contribution in [0.3, 0.4) is 0 Å². The first kappa shape index (κ1) is 15.5. The predicted octanol–water partition coefficient (Wildman–Crippen LogP) is 2.34. The molecule has 112 valence electrons. The van der Waals surface area contributed by atoms with E-state index >= 15 is 0 Å². The van der Waals surface area contributed by atoms with Crippen molar-refractivity contribution in [1.29, 1.82) is 0 Å². The Balaban J connectivity index is 2.19. The van der Waals surface area contributed by atoms with E-state index in [0.29, 0.717) is 11.3 Å². The van der Waals surface area contributed by atoms with Gasteiger partial charge in [-0.1, -0.05) is 18.2 Å². The van der Waals surface area contributed by atoms with Crippen LogP contribution in [0.4, 0.5) is 4.39 Å². The highest BCUT2D eigenvalue weighted by molar-refractivity contribution is 7.91. The second-order valence-electron chi connectivity index (χ2n) is 4.53. The van der Waals surface area contributed by atoms with Gasteiger partial charge in [0, 0.05) is 0 Å². The first-order valence-electron chi connectivity index (χ1n) is 6.23. The molecule has 4 nitrogen and oxygen atoms in total. The molecule has 2 aromatic rings. The summed E-state index contributed by atoms with van der Waals surface area (Å²) in [6, 6.07) is 11.2. The summed E-state index contributed by atoms with van der Waals surface area (Å²) >= 11 is 0. The Labute approximate surface area is 122 Å². The monoisotopic (exact) mass is 310 g/mol. The number of ether oxygens (including phenoxy) is 1. The van der Waals surface area contributed by atoms with E-state index in [4.69, 9.17) is 4.74 Å². The van der Waals surface area contributed by atoms with Gasteiger partial charge in [-0.05, 0) is 35.9 Å². The fourth-order valence-corrected chi connectivity index (χ4v) is 3.27. The number of aliphatic hydroxyl groups is 1. The highest BCUT2D eigenvalue weighted by Crippen LogP contribution is 2.22. The quantitative estimate of drug-likeness (QED) is 0.920. The van der Waals surface area contributed by atoms with Crippen LogP contribution in [0, 0.1) is 5.82 Å². The molecule has 0 saturated carbocycles. The van der Waals surface area contributed by atoms with Gasteiger partial charge in [-0.3, -0.25) is 0 Å². The minimum Gasteiger partial charge on any atom is -0.497 e. The van der Waals surface area contributed by atoms with Crippen LogP contribution in [-0.2, 0) is 9.84 Å². The Morgan fingerprint density at radius 1 is 1.19 bits per heavy atom. The molecule has 0 amide bonds. The molecule has 6 heteroatoms. The molecule has 0 saturated heterocycles. The third-order valence-corrected chi connectivity index (χ3v) is 4.76. The summed E-state index contributed by atoms with van der Waals surface area (Å²) in [6.45, 7) is 0. The molecule has 0 spiro atoms. The SMILES string of the molecule is COc1ccc(C(O)CS(=O)(=O)c2cccc(F)c2)cc1. The van der Waals surface area contributed by atoms with Crippen molar-refractivity contribution in [2.75, 3.05) is 12.9 Å². The normalized spacial score (nSPS) is 12.9. The topological polar surface area (TPSA) is 63.6 Å². The Morgan fingerprint density at radius 3 is 2.43 bits per heavy atom. The fraction of sp³-hybridized carbons (Fsp3) is 0.200. The number of benzene rings is 2. The van der Waals surface area contributed by atoms with Crippen LogP contribution >= 0.6 is 0 Å². The van der Waals surface area contributed by atoms with E-state index < -0.39 is 27.5 Å². The summed E-state index contributed by atoms with van der Waals surface area (Å²) in [4.78, 5) is -0.143. The minimum absolute atomic E-state index is 0.143. The van der Waals surface area contributed by atoms with Crippen LogP contribution in [-0.4, -0.2) is 26.4 Å². The molecule has 0 heterocycles. The lowest BCUT2D eigenvalue weighted by Gasteiger charge is -2.12. The molecular formula is C15H15FO4S. The zero-order valence-electron chi connectivity index (χ0n) is 11.4. The number of sulfone groups is 1. The van der Waals surface area contributed by atoms with Gasteiger partial charge in [0.05, 0.1) is 23.9 Å². The maximum atomic E-state index is 13.1. The number of hydrogen-bond acceptors (Lipinski definition) is 4. The van der Waals surface area contributed by atoms with Gasteiger partial charge in [0.15, 0.2) is 9.84 Å². The molecule has 2 aromatic carbocycles. The van der Waals surface area contributed by atoms with Crippen molar-refractivity contribution in [3.63, 3.8) is 0 Å². The van der Waals surface area contributed by atoms with Crippen molar-refractivity contribution in [2.45, 2.75) is 11.0 Å². The van der Waals surface area contributed by atoms with Crippen LogP contribution in [0.25, 0.3) is 0 Å². The van der Waals surface area contributed by atoms with Gasteiger partial charge in [0.1, 0.15) is 11.6 Å². The Bertz CT molecular complexity index is 711. The fourth-order valence-electron chi connectivity index (χ4n) is 1.89. The highest BCUT2D eigenvalue weighted by Gasteiger charge is 2.21. The lowest BCUT2D eigenvalue weighted by Crippen LogP contribution is -2.15. The summed E-state index contributed by atoms with van der Waals surface area (Å²) in [5.74, 6) is -0.531. The third kappa shape index (κ3) is 3.80. The maximum Gasteiger partial charge on any atom is 0.181 e. The van der Waals surface area contributed by atoms with Crippen LogP contribution in [0.5, 0.6) is 5.75 Å². The van der Waals surface area contributed by atoms with E-state index in [-0.39, 0.29) is 4.90 Å². The second kappa shape index (κ2) is 6.24.